The summed E-state index contributed by atoms with van der Waals surface area (Å²) in [5.74, 6) is -0.122. The number of thioether (sulfide) groups is 1. The monoisotopic (exact) mass is 417 g/mol. The molecule has 0 atom stereocenters. The van der Waals surface area contributed by atoms with Gasteiger partial charge in [0.1, 0.15) is 0 Å². The fourth-order valence-corrected chi connectivity index (χ4v) is 3.93. The van der Waals surface area contributed by atoms with E-state index in [-0.39, 0.29) is 5.91 Å². The second-order valence-electron chi connectivity index (χ2n) is 7.07. The second kappa shape index (κ2) is 10.7. The molecule has 0 spiro atoms. The summed E-state index contributed by atoms with van der Waals surface area (Å²) >= 11 is 1.61. The SMILES string of the molecule is C=C/C(=C\C1=CSc2ccccc2C(Cc2ncccc2C)=N1)C(=O)NCCCC. The van der Waals surface area contributed by atoms with Crippen molar-refractivity contribution in [2.75, 3.05) is 6.54 Å². The van der Waals surface area contributed by atoms with Gasteiger partial charge in [-0.15, -0.1) is 0 Å². The van der Waals surface area contributed by atoms with Crippen LogP contribution in [0.1, 0.15) is 36.6 Å². The van der Waals surface area contributed by atoms with Gasteiger partial charge in [-0.3, -0.25) is 14.8 Å². The number of unbranched alkanes of at least 4 members (excludes halogenated alkanes) is 1. The van der Waals surface area contributed by atoms with Gasteiger partial charge in [0.2, 0.25) is 0 Å². The summed E-state index contributed by atoms with van der Waals surface area (Å²) in [5.41, 5.74) is 5.43. The lowest BCUT2D eigenvalue weighted by atomic mass is 10.0. The van der Waals surface area contributed by atoms with Crippen LogP contribution in [-0.4, -0.2) is 23.1 Å². The van der Waals surface area contributed by atoms with E-state index < -0.39 is 0 Å². The minimum absolute atomic E-state index is 0.122. The third-order valence-corrected chi connectivity index (χ3v) is 5.79. The fraction of sp³-hybridized carbons (Fsp3) is 0.240. The Bertz CT molecular complexity index is 1020. The molecular formula is C25H27N3OS. The molecule has 5 heteroatoms. The summed E-state index contributed by atoms with van der Waals surface area (Å²) in [6.07, 6.45) is 7.82. The molecule has 0 fully saturated rings. The van der Waals surface area contributed by atoms with Crippen molar-refractivity contribution in [1.82, 2.24) is 10.3 Å². The highest BCUT2D eigenvalue weighted by Crippen LogP contribution is 2.31. The number of hydrogen-bond donors (Lipinski definition) is 1. The molecule has 0 bridgehead atoms. The van der Waals surface area contributed by atoms with Crippen LogP contribution in [0.15, 0.2) is 87.9 Å². The number of nitrogens with one attached hydrogen (secondary N) is 1. The average molecular weight is 418 g/mol. The number of amides is 1. The highest BCUT2D eigenvalue weighted by atomic mass is 32.2. The Morgan fingerprint density at radius 3 is 2.83 bits per heavy atom. The molecule has 1 aromatic carbocycles. The van der Waals surface area contributed by atoms with E-state index in [1.165, 1.54) is 0 Å². The lowest BCUT2D eigenvalue weighted by Crippen LogP contribution is -2.25. The van der Waals surface area contributed by atoms with Crippen molar-refractivity contribution in [3.63, 3.8) is 0 Å². The van der Waals surface area contributed by atoms with Crippen LogP contribution in [0.25, 0.3) is 0 Å². The normalized spacial score (nSPS) is 13.6. The predicted molar refractivity (Wildman–Crippen MR) is 126 cm³/mol. The number of nitrogens with zero attached hydrogens (tertiary/aromatic N) is 2. The lowest BCUT2D eigenvalue weighted by molar-refractivity contribution is -0.117. The van der Waals surface area contributed by atoms with E-state index in [4.69, 9.17) is 4.99 Å². The van der Waals surface area contributed by atoms with Gasteiger partial charge in [-0.05, 0) is 37.1 Å². The van der Waals surface area contributed by atoms with Gasteiger partial charge in [0.25, 0.3) is 5.91 Å². The van der Waals surface area contributed by atoms with E-state index in [0.29, 0.717) is 18.5 Å². The first-order valence-corrected chi connectivity index (χ1v) is 11.1. The largest absolute Gasteiger partial charge is 0.352 e. The number of aromatic nitrogens is 1. The van der Waals surface area contributed by atoms with Crippen LogP contribution in [0.4, 0.5) is 0 Å². The minimum atomic E-state index is -0.122. The summed E-state index contributed by atoms with van der Waals surface area (Å²) in [7, 11) is 0. The van der Waals surface area contributed by atoms with Crippen molar-refractivity contribution in [3.05, 3.63) is 94.8 Å². The number of benzene rings is 1. The first kappa shape index (κ1) is 21.8. The van der Waals surface area contributed by atoms with Crippen molar-refractivity contribution >= 4 is 23.4 Å². The molecule has 1 aromatic heterocycles. The van der Waals surface area contributed by atoms with E-state index in [9.17, 15) is 4.79 Å². The van der Waals surface area contributed by atoms with Gasteiger partial charge in [0, 0.05) is 46.3 Å². The Balaban J connectivity index is 1.95. The van der Waals surface area contributed by atoms with Gasteiger partial charge >= 0.3 is 0 Å². The van der Waals surface area contributed by atoms with Crippen LogP contribution in [-0.2, 0) is 11.2 Å². The van der Waals surface area contributed by atoms with E-state index in [1.54, 1.807) is 23.9 Å². The first-order valence-electron chi connectivity index (χ1n) is 10.2. The standard InChI is InChI=1S/C25H27N3OS/c1-4-6-13-27-25(29)19(5-2)15-20-17-30-24-12-8-7-11-21(24)23(28-20)16-22-18(3)10-9-14-26-22/h5,7-12,14-15,17H,2,4,6,13,16H2,1,3H3,(H,27,29)/b19-15+. The number of carbonyl (C=O) groups excluding carboxylic acids is 1. The van der Waals surface area contributed by atoms with Gasteiger partial charge in [-0.2, -0.15) is 0 Å². The highest BCUT2D eigenvalue weighted by molar-refractivity contribution is 8.02. The zero-order chi connectivity index (χ0) is 21.3. The molecule has 2 heterocycles. The molecule has 30 heavy (non-hydrogen) atoms. The minimum Gasteiger partial charge on any atom is -0.352 e. The van der Waals surface area contributed by atoms with Crippen LogP contribution >= 0.6 is 11.8 Å². The number of aryl methyl sites for hydroxylation is 1. The van der Waals surface area contributed by atoms with E-state index in [1.807, 2.05) is 29.8 Å². The van der Waals surface area contributed by atoms with Crippen molar-refractivity contribution < 1.29 is 4.79 Å². The number of pyridine rings is 1. The molecule has 0 saturated heterocycles. The third-order valence-electron chi connectivity index (χ3n) is 4.82. The van der Waals surface area contributed by atoms with Gasteiger partial charge in [-0.1, -0.05) is 62.0 Å². The molecule has 2 aromatic rings. The van der Waals surface area contributed by atoms with E-state index in [0.717, 1.165) is 46.0 Å². The molecule has 0 unspecified atom stereocenters. The Labute approximate surface area is 182 Å². The molecule has 1 N–H and O–H groups in total. The molecule has 154 valence electrons. The van der Waals surface area contributed by atoms with Crippen molar-refractivity contribution in [3.8, 4) is 0 Å². The number of fused-ring (bicyclic) bond motifs is 1. The van der Waals surface area contributed by atoms with Crippen molar-refractivity contribution in [1.29, 1.82) is 0 Å². The lowest BCUT2D eigenvalue weighted by Gasteiger charge is -2.10. The summed E-state index contributed by atoms with van der Waals surface area (Å²) < 4.78 is 0. The molecule has 1 aliphatic heterocycles. The zero-order valence-corrected chi connectivity index (χ0v) is 18.3. The second-order valence-corrected chi connectivity index (χ2v) is 7.98. The zero-order valence-electron chi connectivity index (χ0n) is 17.5. The number of aliphatic imine (C=N–C) groups is 1. The molecule has 0 aliphatic carbocycles. The molecule has 1 aliphatic rings. The molecule has 0 saturated carbocycles. The maximum absolute atomic E-state index is 12.5. The van der Waals surface area contributed by atoms with Gasteiger partial charge in [-0.25, -0.2) is 0 Å². The average Bonchev–Trinajstić information content (AvgIpc) is 2.93. The van der Waals surface area contributed by atoms with Gasteiger partial charge in [0.15, 0.2) is 0 Å². The van der Waals surface area contributed by atoms with Crippen LogP contribution < -0.4 is 5.32 Å². The number of carbonyl (C=O) groups is 1. The first-order chi connectivity index (χ1) is 14.6. The third kappa shape index (κ3) is 5.57. The smallest absolute Gasteiger partial charge is 0.251 e. The van der Waals surface area contributed by atoms with Crippen LogP contribution in [0.3, 0.4) is 0 Å². The van der Waals surface area contributed by atoms with Crippen LogP contribution in [0.2, 0.25) is 0 Å². The summed E-state index contributed by atoms with van der Waals surface area (Å²) in [4.78, 5) is 23.1. The molecule has 4 nitrogen and oxygen atoms in total. The molecular weight excluding hydrogens is 390 g/mol. The quantitative estimate of drug-likeness (QED) is 0.356. The summed E-state index contributed by atoms with van der Waals surface area (Å²) in [6, 6.07) is 12.2. The number of allylic oxidation sites excluding steroid dienone is 1. The number of hydrogen-bond acceptors (Lipinski definition) is 4. The molecule has 3 rings (SSSR count). The Hall–Kier alpha value is -2.92. The fourth-order valence-electron chi connectivity index (χ4n) is 3.09. The van der Waals surface area contributed by atoms with E-state index in [2.05, 4.69) is 48.9 Å². The van der Waals surface area contributed by atoms with Crippen LogP contribution in [0.5, 0.6) is 0 Å². The Morgan fingerprint density at radius 1 is 1.23 bits per heavy atom. The van der Waals surface area contributed by atoms with Gasteiger partial charge in [0.05, 0.1) is 11.4 Å². The van der Waals surface area contributed by atoms with Gasteiger partial charge < -0.3 is 5.32 Å². The van der Waals surface area contributed by atoms with Crippen molar-refractivity contribution in [2.24, 2.45) is 4.99 Å². The van der Waals surface area contributed by atoms with Crippen LogP contribution in [0, 0.1) is 6.92 Å². The summed E-state index contributed by atoms with van der Waals surface area (Å²) in [6.45, 7) is 8.64. The van der Waals surface area contributed by atoms with E-state index >= 15 is 0 Å². The van der Waals surface area contributed by atoms with Crippen molar-refractivity contribution in [2.45, 2.75) is 38.0 Å². The highest BCUT2D eigenvalue weighted by Gasteiger charge is 2.16. The Morgan fingerprint density at radius 2 is 2.07 bits per heavy atom. The topological polar surface area (TPSA) is 54.4 Å². The Kier molecular flexibility index (Phi) is 7.80. The number of rotatable bonds is 8. The maximum atomic E-state index is 12.5. The molecule has 0 radical (unpaired) electrons. The maximum Gasteiger partial charge on any atom is 0.251 e. The predicted octanol–water partition coefficient (Wildman–Crippen LogP) is 5.40. The summed E-state index contributed by atoms with van der Waals surface area (Å²) in [5, 5.41) is 4.93. The molecule has 1 amide bonds.